The maximum absolute atomic E-state index is 9.33. The minimum Gasteiger partial charge on any atom is -0.497 e. The van der Waals surface area contributed by atoms with Crippen molar-refractivity contribution in [1.82, 2.24) is 4.98 Å². The molecule has 2 rings (SSSR count). The highest BCUT2D eigenvalue weighted by atomic mass is 79.9. The lowest BCUT2D eigenvalue weighted by Crippen LogP contribution is -2.00. The maximum Gasteiger partial charge on any atom is 0.143 e. The molecule has 1 heterocycles. The molecule has 4 nitrogen and oxygen atoms in total. The highest BCUT2D eigenvalue weighted by molar-refractivity contribution is 9.10. The molecule has 2 N–H and O–H groups in total. The number of rotatable bonds is 3. The molecular formula is C14H12BrN3OS. The van der Waals surface area contributed by atoms with Crippen LogP contribution >= 0.6 is 27.7 Å². The van der Waals surface area contributed by atoms with Crippen molar-refractivity contribution in [2.75, 3.05) is 19.1 Å². The van der Waals surface area contributed by atoms with Crippen LogP contribution < -0.4 is 10.5 Å². The number of aromatic nitrogens is 1. The molecule has 0 aliphatic carbocycles. The summed E-state index contributed by atoms with van der Waals surface area (Å²) in [7, 11) is 1.61. The number of nitrogens with two attached hydrogens (primary N) is 1. The second-order valence-corrected chi connectivity index (χ2v) is 5.50. The van der Waals surface area contributed by atoms with E-state index in [1.54, 1.807) is 7.11 Å². The summed E-state index contributed by atoms with van der Waals surface area (Å²) in [5, 5.41) is 10.1. The fourth-order valence-electron chi connectivity index (χ4n) is 1.84. The van der Waals surface area contributed by atoms with Gasteiger partial charge in [0.05, 0.1) is 11.6 Å². The highest BCUT2D eigenvalue weighted by Crippen LogP contribution is 2.39. The highest BCUT2D eigenvalue weighted by Gasteiger charge is 2.18. The average Bonchev–Trinajstić information content (AvgIpc) is 2.48. The van der Waals surface area contributed by atoms with Gasteiger partial charge in [0.2, 0.25) is 0 Å². The van der Waals surface area contributed by atoms with Gasteiger partial charge in [-0.25, -0.2) is 4.98 Å². The van der Waals surface area contributed by atoms with Crippen molar-refractivity contribution in [2.24, 2.45) is 0 Å². The van der Waals surface area contributed by atoms with Crippen molar-refractivity contribution >= 4 is 33.5 Å². The Morgan fingerprint density at radius 1 is 1.35 bits per heavy atom. The zero-order valence-corrected chi connectivity index (χ0v) is 13.4. The van der Waals surface area contributed by atoms with E-state index in [-0.39, 0.29) is 5.82 Å². The summed E-state index contributed by atoms with van der Waals surface area (Å²) in [5.74, 6) is 1.00. The van der Waals surface area contributed by atoms with Crippen molar-refractivity contribution in [3.63, 3.8) is 0 Å². The van der Waals surface area contributed by atoms with E-state index < -0.39 is 0 Å². The minimum absolute atomic E-state index is 0.242. The first kappa shape index (κ1) is 14.7. The number of hydrogen-bond acceptors (Lipinski definition) is 5. The van der Waals surface area contributed by atoms with Gasteiger partial charge in [-0.15, -0.1) is 11.8 Å². The number of hydrogen-bond donors (Lipinski definition) is 1. The van der Waals surface area contributed by atoms with Gasteiger partial charge in [-0.3, -0.25) is 0 Å². The van der Waals surface area contributed by atoms with Gasteiger partial charge in [0.1, 0.15) is 28.2 Å². The van der Waals surface area contributed by atoms with Gasteiger partial charge in [-0.1, -0.05) is 12.1 Å². The summed E-state index contributed by atoms with van der Waals surface area (Å²) in [6.45, 7) is 0. The van der Waals surface area contributed by atoms with Crippen molar-refractivity contribution < 1.29 is 4.74 Å². The zero-order valence-electron chi connectivity index (χ0n) is 11.0. The van der Waals surface area contributed by atoms with Crippen LogP contribution in [0, 0.1) is 11.3 Å². The fraction of sp³-hybridized carbons (Fsp3) is 0.143. The predicted molar refractivity (Wildman–Crippen MR) is 84.8 cm³/mol. The van der Waals surface area contributed by atoms with E-state index in [0.29, 0.717) is 5.56 Å². The van der Waals surface area contributed by atoms with Crippen molar-refractivity contribution in [2.45, 2.75) is 5.03 Å². The Balaban J connectivity index is 2.70. The molecule has 6 heteroatoms. The monoisotopic (exact) mass is 349 g/mol. The van der Waals surface area contributed by atoms with E-state index in [0.717, 1.165) is 26.4 Å². The van der Waals surface area contributed by atoms with E-state index in [4.69, 9.17) is 10.5 Å². The Morgan fingerprint density at radius 2 is 2.00 bits per heavy atom. The van der Waals surface area contributed by atoms with Crippen LogP contribution in [0.5, 0.6) is 5.75 Å². The number of ether oxygens (including phenoxy) is 1. The Bertz CT molecular complexity index is 680. The topological polar surface area (TPSA) is 71.9 Å². The third-order valence-electron chi connectivity index (χ3n) is 2.82. The van der Waals surface area contributed by atoms with Gasteiger partial charge in [0, 0.05) is 5.56 Å². The van der Waals surface area contributed by atoms with E-state index >= 15 is 0 Å². The van der Waals surface area contributed by atoms with Crippen LogP contribution in [0.1, 0.15) is 5.56 Å². The molecule has 0 saturated carbocycles. The quantitative estimate of drug-likeness (QED) is 0.855. The molecule has 0 amide bonds. The van der Waals surface area contributed by atoms with E-state index in [9.17, 15) is 5.26 Å². The molecule has 0 aliphatic heterocycles. The number of benzene rings is 1. The molecule has 0 saturated heterocycles. The molecule has 0 spiro atoms. The zero-order chi connectivity index (χ0) is 14.7. The van der Waals surface area contributed by atoms with Gasteiger partial charge < -0.3 is 10.5 Å². The predicted octanol–water partition coefficient (Wildman–Crippen LogP) is 3.70. The molecular weight excluding hydrogens is 338 g/mol. The first-order valence-corrected chi connectivity index (χ1v) is 7.71. The maximum atomic E-state index is 9.33. The lowest BCUT2D eigenvalue weighted by Gasteiger charge is -2.12. The van der Waals surface area contributed by atoms with E-state index in [1.807, 2.05) is 30.5 Å². The molecule has 1 aromatic carbocycles. The Labute approximate surface area is 130 Å². The Hall–Kier alpha value is -1.71. The first-order chi connectivity index (χ1) is 9.62. The second kappa shape index (κ2) is 6.16. The summed E-state index contributed by atoms with van der Waals surface area (Å²) in [4.78, 5) is 4.23. The number of nitrogen functional groups attached to an aromatic ring is 1. The molecule has 1 aromatic heterocycles. The van der Waals surface area contributed by atoms with Gasteiger partial charge >= 0.3 is 0 Å². The molecule has 0 atom stereocenters. The molecule has 0 aliphatic rings. The SMILES string of the molecule is COc1ccc(-c2c(Br)c(SC)nc(N)c2C#N)cc1. The molecule has 0 radical (unpaired) electrons. The van der Waals surface area contributed by atoms with Gasteiger partial charge in [-0.05, 0) is 39.9 Å². The molecule has 0 unspecified atom stereocenters. The largest absolute Gasteiger partial charge is 0.497 e. The number of thioether (sulfide) groups is 1. The summed E-state index contributed by atoms with van der Waals surface area (Å²) in [6, 6.07) is 9.60. The molecule has 0 fully saturated rings. The molecule has 102 valence electrons. The fourth-order valence-corrected chi connectivity index (χ4v) is 3.31. The van der Waals surface area contributed by atoms with Gasteiger partial charge in [-0.2, -0.15) is 5.26 Å². The third kappa shape index (κ3) is 2.60. The van der Waals surface area contributed by atoms with Crippen LogP contribution in [0.25, 0.3) is 11.1 Å². The number of pyridine rings is 1. The van der Waals surface area contributed by atoms with Crippen LogP contribution in [0.4, 0.5) is 5.82 Å². The van der Waals surface area contributed by atoms with Crippen LogP contribution in [-0.4, -0.2) is 18.3 Å². The normalized spacial score (nSPS) is 10.1. The van der Waals surface area contributed by atoms with E-state index in [1.165, 1.54) is 11.8 Å². The van der Waals surface area contributed by atoms with Gasteiger partial charge in [0.15, 0.2) is 0 Å². The van der Waals surface area contributed by atoms with Crippen molar-refractivity contribution in [3.8, 4) is 22.9 Å². The summed E-state index contributed by atoms with van der Waals surface area (Å²) in [6.07, 6.45) is 1.91. The number of halogens is 1. The molecule has 20 heavy (non-hydrogen) atoms. The lowest BCUT2D eigenvalue weighted by atomic mass is 10.0. The summed E-state index contributed by atoms with van der Waals surface area (Å²) in [5.41, 5.74) is 7.90. The van der Waals surface area contributed by atoms with Gasteiger partial charge in [0.25, 0.3) is 0 Å². The summed E-state index contributed by atoms with van der Waals surface area (Å²) < 4.78 is 5.92. The van der Waals surface area contributed by atoms with Crippen LogP contribution in [-0.2, 0) is 0 Å². The van der Waals surface area contributed by atoms with Crippen LogP contribution in [0.2, 0.25) is 0 Å². The molecule has 2 aromatic rings. The van der Waals surface area contributed by atoms with Crippen molar-refractivity contribution in [3.05, 3.63) is 34.3 Å². The van der Waals surface area contributed by atoms with E-state index in [2.05, 4.69) is 27.0 Å². The minimum atomic E-state index is 0.242. The number of nitriles is 1. The Morgan fingerprint density at radius 3 is 2.50 bits per heavy atom. The summed E-state index contributed by atoms with van der Waals surface area (Å²) >= 11 is 4.99. The van der Waals surface area contributed by atoms with Crippen LogP contribution in [0.3, 0.4) is 0 Å². The number of nitrogens with zero attached hydrogens (tertiary/aromatic N) is 2. The van der Waals surface area contributed by atoms with Crippen LogP contribution in [0.15, 0.2) is 33.8 Å². The Kier molecular flexibility index (Phi) is 4.53. The second-order valence-electron chi connectivity index (χ2n) is 3.91. The third-order valence-corrected chi connectivity index (χ3v) is 4.54. The lowest BCUT2D eigenvalue weighted by molar-refractivity contribution is 0.415. The smallest absolute Gasteiger partial charge is 0.143 e. The average molecular weight is 350 g/mol. The molecule has 0 bridgehead atoms. The standard InChI is InChI=1S/C14H12BrN3OS/c1-19-9-5-3-8(4-6-9)11-10(7-16)13(17)18-14(20-2)12(11)15/h3-6H,1-2H3,(H2,17,18). The number of anilines is 1. The van der Waals surface area contributed by atoms with Crippen molar-refractivity contribution in [1.29, 1.82) is 5.26 Å². The number of methoxy groups -OCH3 is 1. The first-order valence-electron chi connectivity index (χ1n) is 5.69.